The van der Waals surface area contributed by atoms with E-state index in [2.05, 4.69) is 14.5 Å². The Balaban J connectivity index is 0.00000272. The third-order valence-corrected chi connectivity index (χ3v) is 5.25. The fourth-order valence-electron chi connectivity index (χ4n) is 3.05. The van der Waals surface area contributed by atoms with E-state index >= 15 is 0 Å². The Kier molecular flexibility index (Phi) is 10.3. The molecule has 0 bridgehead atoms. The third-order valence-electron chi connectivity index (χ3n) is 4.79. The quantitative estimate of drug-likeness (QED) is 0.145. The van der Waals surface area contributed by atoms with Crippen LogP contribution >= 0.6 is 7.82 Å². The van der Waals surface area contributed by atoms with E-state index < -0.39 is 50.5 Å². The summed E-state index contributed by atoms with van der Waals surface area (Å²) in [6.45, 7) is 2.11. The van der Waals surface area contributed by atoms with Gasteiger partial charge in [0.15, 0.2) is 11.5 Å². The van der Waals surface area contributed by atoms with Crippen molar-refractivity contribution in [2.75, 3.05) is 6.61 Å². The first-order valence-corrected chi connectivity index (χ1v) is 10.5. The maximum Gasteiger partial charge on any atom is 1.00 e. The first kappa shape index (κ1) is 29.7. The van der Waals surface area contributed by atoms with Crippen molar-refractivity contribution in [1.82, 2.24) is 19.5 Å². The molecule has 1 aromatic rings. The van der Waals surface area contributed by atoms with E-state index in [0.29, 0.717) is 11.0 Å². The van der Waals surface area contributed by atoms with Crippen LogP contribution in [0.15, 0.2) is 21.7 Å². The summed E-state index contributed by atoms with van der Waals surface area (Å²) in [7, 11) is -5.39. The molecular formula is C17H19Li2N4O9P. The monoisotopic (exact) mass is 468 g/mol. The van der Waals surface area contributed by atoms with Crippen LogP contribution in [0.4, 0.5) is 0 Å². The summed E-state index contributed by atoms with van der Waals surface area (Å²) in [4.78, 5) is 55.1. The van der Waals surface area contributed by atoms with Crippen molar-refractivity contribution in [2.24, 2.45) is 0 Å². The van der Waals surface area contributed by atoms with Gasteiger partial charge in [-0.3, -0.25) is 9.78 Å². The zero-order chi connectivity index (χ0) is 23.1. The maximum atomic E-state index is 12.2. The summed E-state index contributed by atoms with van der Waals surface area (Å²) in [6.07, 6.45) is -5.58. The molecule has 16 heteroatoms. The van der Waals surface area contributed by atoms with Crippen molar-refractivity contribution in [3.05, 3.63) is 44.1 Å². The smallest absolute Gasteiger partial charge is 0.790 e. The van der Waals surface area contributed by atoms with Crippen molar-refractivity contribution in [2.45, 2.75) is 38.7 Å². The van der Waals surface area contributed by atoms with E-state index in [1.807, 2.05) is 18.8 Å². The molecule has 1 aromatic carbocycles. The largest absolute Gasteiger partial charge is 1.00 e. The minimum Gasteiger partial charge on any atom is -0.790 e. The van der Waals surface area contributed by atoms with E-state index in [-0.39, 0.29) is 49.2 Å². The molecule has 0 saturated carbocycles. The van der Waals surface area contributed by atoms with Crippen molar-refractivity contribution in [3.8, 4) is 11.5 Å². The number of phosphoric ester groups is 1. The number of nitrogens with zero attached hydrogens (tertiary/aromatic N) is 3. The number of nitrogens with one attached hydrogen (secondary N) is 1. The minimum absolute atomic E-state index is 0. The van der Waals surface area contributed by atoms with Crippen LogP contribution in [0.25, 0.3) is 22.6 Å². The molecule has 0 fully saturated rings. The Labute approximate surface area is 210 Å². The van der Waals surface area contributed by atoms with Gasteiger partial charge in [-0.2, -0.15) is 4.98 Å². The molecule has 0 radical (unpaired) electrons. The summed E-state index contributed by atoms with van der Waals surface area (Å²) in [5, 5.41) is 30.4. The van der Waals surface area contributed by atoms with E-state index in [4.69, 9.17) is 0 Å². The molecule has 0 amide bonds. The van der Waals surface area contributed by atoms with Gasteiger partial charge in [0.25, 0.3) is 5.56 Å². The third kappa shape index (κ3) is 6.86. The van der Waals surface area contributed by atoms with E-state index in [9.17, 15) is 39.3 Å². The van der Waals surface area contributed by atoms with Gasteiger partial charge in [0, 0.05) is 0 Å². The number of benzene rings is 1. The Hall–Kier alpha value is -1.32. The normalized spacial score (nSPS) is 14.4. The Morgan fingerprint density at radius 3 is 2.30 bits per heavy atom. The van der Waals surface area contributed by atoms with Crippen molar-refractivity contribution < 1.29 is 71.9 Å². The van der Waals surface area contributed by atoms with Gasteiger partial charge in [-0.1, -0.05) is 0 Å². The number of hydrogen-bond donors (Lipinski definition) is 4. The van der Waals surface area contributed by atoms with Gasteiger partial charge < -0.3 is 38.8 Å². The first-order chi connectivity index (χ1) is 14.4. The zero-order valence-corrected chi connectivity index (χ0v) is 19.3. The number of hydrogen-bond acceptors (Lipinski definition) is 11. The molecule has 168 valence electrons. The number of aliphatic hydroxyl groups excluding tert-OH is 3. The van der Waals surface area contributed by atoms with E-state index in [1.54, 1.807) is 12.1 Å². The van der Waals surface area contributed by atoms with Crippen molar-refractivity contribution >= 4 is 18.9 Å². The molecule has 2 aliphatic rings. The number of aryl methyl sites for hydroxylation is 2. The SMILES string of the molecule is Cc1cc2nc3c(=O)[nH]c(=O)nc-3n(CC(O)C(O)C(O)COP(=O)([O-])[O-])c2cc1C.[Li+].[Li+]. The minimum atomic E-state index is -5.39. The fourth-order valence-corrected chi connectivity index (χ4v) is 3.39. The van der Waals surface area contributed by atoms with Crippen LogP contribution in [0.3, 0.4) is 0 Å². The first-order valence-electron chi connectivity index (χ1n) is 9.00. The van der Waals surface area contributed by atoms with Gasteiger partial charge in [-0.25, -0.2) is 9.78 Å². The molecule has 3 rings (SSSR count). The van der Waals surface area contributed by atoms with Crippen LogP contribution in [0.1, 0.15) is 11.1 Å². The molecular weight excluding hydrogens is 449 g/mol. The number of aliphatic hydroxyl groups is 3. The maximum absolute atomic E-state index is 12.2. The standard InChI is InChI=1S/C17H21N4O9P.2Li/c1-7-3-9-10(4-8(7)2)21(15-13(18-9)16(25)20-17(26)19-15)5-11(22)14(24)12(23)6-30-31(27,28)29;;/h3-4,11-12,14,22-24H,5-6H2,1-2H3,(H,20,25,26)(H2,27,28,29);;/q;2*+1/p-2. The van der Waals surface area contributed by atoms with Crippen molar-refractivity contribution in [3.63, 3.8) is 0 Å². The average Bonchev–Trinajstić information content (AvgIpc) is 2.67. The van der Waals surface area contributed by atoms with Gasteiger partial charge in [-0.15, -0.1) is 0 Å². The van der Waals surface area contributed by atoms with Crippen LogP contribution in [0.2, 0.25) is 0 Å². The predicted octanol–water partition coefficient (Wildman–Crippen LogP) is -8.86. The molecule has 2 aliphatic heterocycles. The summed E-state index contributed by atoms with van der Waals surface area (Å²) in [6, 6.07) is 3.38. The molecule has 3 unspecified atom stereocenters. The molecule has 0 aromatic heterocycles. The van der Waals surface area contributed by atoms with Gasteiger partial charge >= 0.3 is 43.4 Å². The number of rotatable bonds is 7. The molecule has 33 heavy (non-hydrogen) atoms. The van der Waals surface area contributed by atoms with Gasteiger partial charge in [0.1, 0.15) is 18.3 Å². The summed E-state index contributed by atoms with van der Waals surface area (Å²) < 4.78 is 15.8. The molecule has 3 atom stereocenters. The molecule has 0 saturated heterocycles. The number of phosphoric acid groups is 1. The van der Waals surface area contributed by atoms with Crippen LogP contribution in [-0.4, -0.2) is 59.8 Å². The van der Waals surface area contributed by atoms with Gasteiger partial charge in [-0.05, 0) is 37.1 Å². The summed E-state index contributed by atoms with van der Waals surface area (Å²) in [5.41, 5.74) is 0.512. The topological polar surface area (TPSA) is 214 Å². The molecule has 2 heterocycles. The summed E-state index contributed by atoms with van der Waals surface area (Å²) >= 11 is 0. The van der Waals surface area contributed by atoms with Crippen LogP contribution in [0.5, 0.6) is 0 Å². The predicted molar refractivity (Wildman–Crippen MR) is 102 cm³/mol. The summed E-state index contributed by atoms with van der Waals surface area (Å²) in [5.74, 6) is -0.162. The second-order valence-electron chi connectivity index (χ2n) is 7.06. The average molecular weight is 468 g/mol. The number of aromatic nitrogens is 4. The molecule has 4 N–H and O–H groups in total. The van der Waals surface area contributed by atoms with E-state index in [1.165, 1.54) is 4.57 Å². The fraction of sp³-hybridized carbons (Fsp3) is 0.412. The van der Waals surface area contributed by atoms with Crippen LogP contribution < -0.4 is 58.8 Å². The molecule has 0 spiro atoms. The number of H-pyrrole nitrogens is 1. The van der Waals surface area contributed by atoms with Crippen molar-refractivity contribution in [1.29, 1.82) is 0 Å². The Morgan fingerprint density at radius 1 is 1.09 bits per heavy atom. The van der Waals surface area contributed by atoms with Gasteiger partial charge in [0.05, 0.1) is 32.0 Å². The number of fused-ring (bicyclic) bond motifs is 2. The molecule has 0 aliphatic carbocycles. The van der Waals surface area contributed by atoms with E-state index in [0.717, 1.165) is 11.1 Å². The second kappa shape index (κ2) is 11.4. The molecule has 13 nitrogen and oxygen atoms in total. The Bertz CT molecular complexity index is 1260. The Morgan fingerprint density at radius 2 is 1.70 bits per heavy atom. The number of aromatic amines is 1. The van der Waals surface area contributed by atoms with Crippen LogP contribution in [0, 0.1) is 13.8 Å². The second-order valence-corrected chi connectivity index (χ2v) is 8.21. The zero-order valence-electron chi connectivity index (χ0n) is 18.4. The van der Waals surface area contributed by atoms with Crippen LogP contribution in [-0.2, 0) is 15.6 Å². The van der Waals surface area contributed by atoms with Gasteiger partial charge in [0.2, 0.25) is 0 Å².